The van der Waals surface area contributed by atoms with Crippen molar-refractivity contribution in [3.05, 3.63) is 88.6 Å². The van der Waals surface area contributed by atoms with E-state index in [1.165, 1.54) is 17.0 Å². The molecular weight excluding hydrogens is 499 g/mol. The maximum Gasteiger partial charge on any atom is 0.573 e. The molecule has 0 bridgehead atoms. The van der Waals surface area contributed by atoms with Crippen LogP contribution in [0.1, 0.15) is 17.0 Å². The molecule has 0 aromatic heterocycles. The van der Waals surface area contributed by atoms with Gasteiger partial charge in [-0.25, -0.2) is 4.79 Å². The number of hydrogen-bond acceptors (Lipinski definition) is 7. The van der Waals surface area contributed by atoms with E-state index in [1.807, 2.05) is 24.3 Å². The van der Waals surface area contributed by atoms with Gasteiger partial charge in [-0.2, -0.15) is 15.8 Å². The summed E-state index contributed by atoms with van der Waals surface area (Å²) in [4.78, 5) is 14.3. The van der Waals surface area contributed by atoms with E-state index in [0.29, 0.717) is 11.1 Å². The molecule has 8 nitrogen and oxygen atoms in total. The van der Waals surface area contributed by atoms with Crippen molar-refractivity contribution in [2.75, 3.05) is 13.1 Å². The highest BCUT2D eigenvalue weighted by Crippen LogP contribution is 2.54. The molecule has 0 spiro atoms. The van der Waals surface area contributed by atoms with Crippen molar-refractivity contribution in [1.82, 2.24) is 4.90 Å². The minimum atomic E-state index is -4.90. The summed E-state index contributed by atoms with van der Waals surface area (Å²) >= 11 is 0. The number of alkyl halides is 3. The van der Waals surface area contributed by atoms with Gasteiger partial charge in [-0.15, -0.1) is 13.2 Å². The van der Waals surface area contributed by atoms with Crippen LogP contribution >= 0.6 is 0 Å². The smallest absolute Gasteiger partial charge is 0.445 e. The van der Waals surface area contributed by atoms with E-state index in [4.69, 9.17) is 10.5 Å². The van der Waals surface area contributed by atoms with Gasteiger partial charge in [0.2, 0.25) is 0 Å². The number of halogens is 3. The number of benzene rings is 2. The zero-order chi connectivity index (χ0) is 27.5. The average molecular weight is 519 g/mol. The SMILES string of the molecule is N#CC1=C(N)C(C#N)(C#N)[C@@H](c2ccc(OC(F)(F)F)cc2)[C@H]2CN(C(=O)OCc3ccccc3)CC=C12. The molecule has 1 amide bonds. The minimum Gasteiger partial charge on any atom is -0.445 e. The van der Waals surface area contributed by atoms with Crippen LogP contribution in [0.2, 0.25) is 0 Å². The number of carbonyl (C=O) groups excluding carboxylic acids is 1. The molecule has 11 heteroatoms. The number of hydrogen-bond donors (Lipinski definition) is 1. The van der Waals surface area contributed by atoms with Crippen LogP contribution < -0.4 is 10.5 Å². The Labute approximate surface area is 216 Å². The van der Waals surface area contributed by atoms with E-state index in [1.54, 1.807) is 30.3 Å². The van der Waals surface area contributed by atoms with Gasteiger partial charge in [0.15, 0.2) is 5.41 Å². The number of fused-ring (bicyclic) bond motifs is 1. The zero-order valence-corrected chi connectivity index (χ0v) is 19.8. The number of carbonyl (C=O) groups is 1. The van der Waals surface area contributed by atoms with Crippen LogP contribution in [0.15, 0.2) is 77.5 Å². The number of rotatable bonds is 4. The molecule has 1 aliphatic carbocycles. The van der Waals surface area contributed by atoms with Gasteiger partial charge in [0.25, 0.3) is 0 Å². The van der Waals surface area contributed by atoms with Crippen molar-refractivity contribution in [3.8, 4) is 24.0 Å². The molecule has 4 rings (SSSR count). The number of nitriles is 3. The molecule has 0 saturated heterocycles. The summed E-state index contributed by atoms with van der Waals surface area (Å²) in [6.45, 7) is 0.0989. The summed E-state index contributed by atoms with van der Waals surface area (Å²) in [5.74, 6) is -2.24. The highest BCUT2D eigenvalue weighted by Gasteiger charge is 2.54. The average Bonchev–Trinajstić information content (AvgIpc) is 2.91. The highest BCUT2D eigenvalue weighted by atomic mass is 19.4. The number of ether oxygens (including phenoxy) is 2. The first-order valence-electron chi connectivity index (χ1n) is 11.4. The molecule has 0 saturated carbocycles. The van der Waals surface area contributed by atoms with Gasteiger partial charge < -0.3 is 20.1 Å². The summed E-state index contributed by atoms with van der Waals surface area (Å²) in [6, 6.07) is 19.6. The maximum atomic E-state index is 12.9. The third-order valence-corrected chi connectivity index (χ3v) is 6.60. The van der Waals surface area contributed by atoms with Gasteiger partial charge in [0.1, 0.15) is 18.4 Å². The van der Waals surface area contributed by atoms with Crippen molar-refractivity contribution >= 4 is 6.09 Å². The Morgan fingerprint density at radius 3 is 2.32 bits per heavy atom. The Hall–Kier alpha value is -4.95. The Morgan fingerprint density at radius 1 is 1.08 bits per heavy atom. The predicted octanol–water partition coefficient (Wildman–Crippen LogP) is 4.65. The Kier molecular flexibility index (Phi) is 7.01. The molecule has 2 aromatic rings. The third kappa shape index (κ3) is 4.85. The first kappa shape index (κ1) is 26.1. The lowest BCUT2D eigenvalue weighted by atomic mass is 9.58. The summed E-state index contributed by atoms with van der Waals surface area (Å²) in [7, 11) is 0. The highest BCUT2D eigenvalue weighted by molar-refractivity contribution is 5.69. The molecule has 1 aliphatic heterocycles. The Morgan fingerprint density at radius 2 is 1.74 bits per heavy atom. The molecule has 2 aliphatic rings. The molecule has 38 heavy (non-hydrogen) atoms. The number of nitrogens with two attached hydrogens (primary N) is 1. The molecule has 192 valence electrons. The zero-order valence-electron chi connectivity index (χ0n) is 19.8. The van der Waals surface area contributed by atoms with Gasteiger partial charge in [-0.05, 0) is 28.8 Å². The number of allylic oxidation sites excluding steroid dienone is 2. The summed E-state index contributed by atoms with van der Waals surface area (Å²) in [5.41, 5.74) is 5.51. The molecule has 1 heterocycles. The lowest BCUT2D eigenvalue weighted by Gasteiger charge is -2.45. The maximum absolute atomic E-state index is 12.9. The van der Waals surface area contributed by atoms with Gasteiger partial charge in [-0.3, -0.25) is 0 Å². The minimum absolute atomic E-state index is 0.0193. The van der Waals surface area contributed by atoms with Crippen LogP contribution in [-0.2, 0) is 11.3 Å². The van der Waals surface area contributed by atoms with Crippen LogP contribution in [0.5, 0.6) is 5.75 Å². The second kappa shape index (κ2) is 10.2. The molecule has 0 radical (unpaired) electrons. The second-order valence-corrected chi connectivity index (χ2v) is 8.74. The van der Waals surface area contributed by atoms with E-state index in [9.17, 15) is 33.8 Å². The van der Waals surface area contributed by atoms with E-state index in [2.05, 4.69) is 4.74 Å². The third-order valence-electron chi connectivity index (χ3n) is 6.60. The number of nitrogens with zero attached hydrogens (tertiary/aromatic N) is 4. The fourth-order valence-corrected chi connectivity index (χ4v) is 4.89. The summed E-state index contributed by atoms with van der Waals surface area (Å²) < 4.78 is 47.3. The van der Waals surface area contributed by atoms with Crippen molar-refractivity contribution in [2.45, 2.75) is 18.9 Å². The van der Waals surface area contributed by atoms with Crippen molar-refractivity contribution in [3.63, 3.8) is 0 Å². The lowest BCUT2D eigenvalue weighted by molar-refractivity contribution is -0.274. The van der Waals surface area contributed by atoms with Crippen LogP contribution in [-0.4, -0.2) is 30.4 Å². The Bertz CT molecular complexity index is 1400. The first-order chi connectivity index (χ1) is 18.1. The summed E-state index contributed by atoms with van der Waals surface area (Å²) in [6.07, 6.45) is -3.92. The van der Waals surface area contributed by atoms with Crippen molar-refractivity contribution in [2.24, 2.45) is 17.1 Å². The van der Waals surface area contributed by atoms with E-state index >= 15 is 0 Å². The Balaban J connectivity index is 1.71. The largest absolute Gasteiger partial charge is 0.573 e. The molecule has 2 atom stereocenters. The molecule has 0 unspecified atom stereocenters. The fourth-order valence-electron chi connectivity index (χ4n) is 4.89. The van der Waals surface area contributed by atoms with Crippen LogP contribution in [0.3, 0.4) is 0 Å². The molecule has 2 N–H and O–H groups in total. The second-order valence-electron chi connectivity index (χ2n) is 8.74. The van der Waals surface area contributed by atoms with Gasteiger partial charge >= 0.3 is 12.5 Å². The van der Waals surface area contributed by atoms with E-state index < -0.39 is 35.5 Å². The van der Waals surface area contributed by atoms with Crippen LogP contribution in [0.25, 0.3) is 0 Å². The normalized spacial score (nSPS) is 20.2. The number of amides is 1. The van der Waals surface area contributed by atoms with Crippen LogP contribution in [0, 0.1) is 45.3 Å². The van der Waals surface area contributed by atoms with Gasteiger partial charge in [-0.1, -0.05) is 48.5 Å². The van der Waals surface area contributed by atoms with E-state index in [0.717, 1.165) is 17.7 Å². The van der Waals surface area contributed by atoms with E-state index in [-0.39, 0.29) is 31.0 Å². The first-order valence-corrected chi connectivity index (χ1v) is 11.4. The van der Waals surface area contributed by atoms with Crippen molar-refractivity contribution in [1.29, 1.82) is 15.8 Å². The quantitative estimate of drug-likeness (QED) is 0.621. The van der Waals surface area contributed by atoms with Crippen LogP contribution in [0.4, 0.5) is 18.0 Å². The fraction of sp³-hybridized carbons (Fsp3) is 0.259. The molecule has 0 fully saturated rings. The van der Waals surface area contributed by atoms with Gasteiger partial charge in [0.05, 0.1) is 23.4 Å². The monoisotopic (exact) mass is 519 g/mol. The standard InChI is InChI=1S/C27H20F3N5O3/c28-27(29,30)38-19-8-6-18(7-9-19)23-22-13-35(25(36)37-14-17-4-2-1-3-5-17)11-10-20(22)21(12-31)24(34)26(23,15-32)16-33/h1-10,22-23H,11,13-14,34H2/t22-,23-/m0/s1. The van der Waals surface area contributed by atoms with Crippen molar-refractivity contribution < 1.29 is 27.4 Å². The van der Waals surface area contributed by atoms with Gasteiger partial charge in [0, 0.05) is 24.9 Å². The molecule has 2 aromatic carbocycles. The topological polar surface area (TPSA) is 136 Å². The lowest BCUT2D eigenvalue weighted by Crippen LogP contribution is -2.49. The molecular formula is C27H20F3N5O3. The summed E-state index contributed by atoms with van der Waals surface area (Å²) in [5, 5.41) is 30.1. The predicted molar refractivity (Wildman–Crippen MR) is 126 cm³/mol.